The zero-order chi connectivity index (χ0) is 14.5. The summed E-state index contributed by atoms with van der Waals surface area (Å²) in [4.78, 5) is 14.6. The summed E-state index contributed by atoms with van der Waals surface area (Å²) in [6.45, 7) is 2.59. The van der Waals surface area contributed by atoms with Crippen LogP contribution in [0.15, 0.2) is 22.6 Å². The van der Waals surface area contributed by atoms with Gasteiger partial charge in [-0.15, -0.1) is 0 Å². The van der Waals surface area contributed by atoms with Gasteiger partial charge in [0.15, 0.2) is 11.1 Å². The third kappa shape index (κ3) is 3.05. The predicted molar refractivity (Wildman–Crippen MR) is 74.9 cm³/mol. The summed E-state index contributed by atoms with van der Waals surface area (Å²) in [5.74, 6) is 0. The number of para-hydroxylation sites is 1. The van der Waals surface area contributed by atoms with Gasteiger partial charge in [-0.3, -0.25) is 10.1 Å². The van der Waals surface area contributed by atoms with Crippen molar-refractivity contribution in [1.82, 2.24) is 4.98 Å². The van der Waals surface area contributed by atoms with Crippen LogP contribution in [-0.4, -0.2) is 29.7 Å². The molecule has 0 saturated heterocycles. The first-order valence-electron chi connectivity index (χ1n) is 6.45. The number of oxazole rings is 1. The molecule has 0 aliphatic rings. The molecule has 7 heteroatoms. The number of nitrogens with zero attached hydrogens (tertiary/aromatic N) is 2. The second-order valence-corrected chi connectivity index (χ2v) is 4.49. The summed E-state index contributed by atoms with van der Waals surface area (Å²) in [6, 6.07) is 4.99. The Morgan fingerprint density at radius 1 is 1.55 bits per heavy atom. The van der Waals surface area contributed by atoms with Crippen LogP contribution < -0.4 is 5.32 Å². The van der Waals surface area contributed by atoms with Crippen molar-refractivity contribution in [3.8, 4) is 0 Å². The summed E-state index contributed by atoms with van der Waals surface area (Å²) >= 11 is 0. The van der Waals surface area contributed by atoms with Crippen LogP contribution in [-0.2, 0) is 4.74 Å². The Morgan fingerprint density at radius 3 is 3.00 bits per heavy atom. The predicted octanol–water partition coefficient (Wildman–Crippen LogP) is 2.96. The first-order valence-corrected chi connectivity index (χ1v) is 6.45. The first-order chi connectivity index (χ1) is 9.65. The standard InChI is InChI=1S/C13H17N3O4/c1-3-5-9(8-19-2)14-13-15-12-10(16(17)18)6-4-7-11(12)20-13/h4,6-7,9H,3,5,8H2,1-2H3,(H,14,15). The number of hydrogen-bond donors (Lipinski definition) is 1. The van der Waals surface area contributed by atoms with E-state index >= 15 is 0 Å². The number of nitrogens with one attached hydrogen (secondary N) is 1. The van der Waals surface area contributed by atoms with Gasteiger partial charge in [0.1, 0.15) is 0 Å². The molecular formula is C13H17N3O4. The van der Waals surface area contributed by atoms with E-state index in [-0.39, 0.29) is 23.3 Å². The Balaban J connectivity index is 2.27. The average molecular weight is 279 g/mol. The molecule has 20 heavy (non-hydrogen) atoms. The molecule has 0 aliphatic heterocycles. The summed E-state index contributed by atoms with van der Waals surface area (Å²) in [5, 5.41) is 14.0. The molecule has 0 saturated carbocycles. The van der Waals surface area contributed by atoms with E-state index in [1.165, 1.54) is 6.07 Å². The number of fused-ring (bicyclic) bond motifs is 1. The van der Waals surface area contributed by atoms with Gasteiger partial charge in [-0.05, 0) is 12.5 Å². The molecular weight excluding hydrogens is 262 g/mol. The highest BCUT2D eigenvalue weighted by Crippen LogP contribution is 2.27. The van der Waals surface area contributed by atoms with Gasteiger partial charge in [-0.25, -0.2) is 0 Å². The lowest BCUT2D eigenvalue weighted by Crippen LogP contribution is -2.24. The van der Waals surface area contributed by atoms with Gasteiger partial charge in [0, 0.05) is 13.2 Å². The fourth-order valence-electron chi connectivity index (χ4n) is 2.06. The molecule has 0 spiro atoms. The summed E-state index contributed by atoms with van der Waals surface area (Å²) in [6.07, 6.45) is 1.88. The molecule has 1 unspecified atom stereocenters. The zero-order valence-corrected chi connectivity index (χ0v) is 11.5. The molecule has 108 valence electrons. The van der Waals surface area contributed by atoms with Gasteiger partial charge in [0.25, 0.3) is 11.7 Å². The lowest BCUT2D eigenvalue weighted by atomic mass is 10.2. The topological polar surface area (TPSA) is 90.4 Å². The Hall–Kier alpha value is -2.15. The summed E-state index contributed by atoms with van der Waals surface area (Å²) in [5.41, 5.74) is 0.597. The van der Waals surface area contributed by atoms with Gasteiger partial charge in [0.2, 0.25) is 0 Å². The highest BCUT2D eigenvalue weighted by Gasteiger charge is 2.18. The van der Waals surface area contributed by atoms with Gasteiger partial charge in [-0.1, -0.05) is 19.4 Å². The van der Waals surface area contributed by atoms with Gasteiger partial charge in [0.05, 0.1) is 17.6 Å². The van der Waals surface area contributed by atoms with E-state index in [1.807, 2.05) is 0 Å². The second kappa shape index (κ2) is 6.33. The van der Waals surface area contributed by atoms with Crippen LogP contribution in [0.4, 0.5) is 11.7 Å². The van der Waals surface area contributed by atoms with Crippen LogP contribution in [0.3, 0.4) is 0 Å². The Kier molecular flexibility index (Phi) is 4.52. The molecule has 1 aromatic carbocycles. The van der Waals surface area contributed by atoms with Crippen LogP contribution in [0, 0.1) is 10.1 Å². The third-order valence-electron chi connectivity index (χ3n) is 2.93. The molecule has 0 amide bonds. The summed E-state index contributed by atoms with van der Waals surface area (Å²) < 4.78 is 10.6. The van der Waals surface area contributed by atoms with Crippen molar-refractivity contribution >= 4 is 22.8 Å². The number of hydrogen-bond acceptors (Lipinski definition) is 6. The number of rotatable bonds is 7. The van der Waals surface area contributed by atoms with E-state index in [1.54, 1.807) is 19.2 Å². The zero-order valence-electron chi connectivity index (χ0n) is 11.5. The van der Waals surface area contributed by atoms with Crippen LogP contribution >= 0.6 is 0 Å². The molecule has 7 nitrogen and oxygen atoms in total. The molecule has 0 bridgehead atoms. The fraction of sp³-hybridized carbons (Fsp3) is 0.462. The Bertz CT molecular complexity index is 590. The van der Waals surface area contributed by atoms with Crippen LogP contribution in [0.5, 0.6) is 0 Å². The van der Waals surface area contributed by atoms with Crippen molar-refractivity contribution in [3.05, 3.63) is 28.3 Å². The minimum atomic E-state index is -0.465. The fourth-order valence-corrected chi connectivity index (χ4v) is 2.06. The molecule has 1 aromatic heterocycles. The van der Waals surface area contributed by atoms with E-state index in [9.17, 15) is 10.1 Å². The van der Waals surface area contributed by atoms with E-state index in [4.69, 9.17) is 9.15 Å². The van der Waals surface area contributed by atoms with Gasteiger partial charge in [-0.2, -0.15) is 4.98 Å². The monoisotopic (exact) mass is 279 g/mol. The van der Waals surface area contributed by atoms with Crippen LogP contribution in [0.1, 0.15) is 19.8 Å². The van der Waals surface area contributed by atoms with Crippen molar-refractivity contribution in [2.45, 2.75) is 25.8 Å². The number of anilines is 1. The second-order valence-electron chi connectivity index (χ2n) is 4.49. The number of methoxy groups -OCH3 is 1. The van der Waals surface area contributed by atoms with Crippen molar-refractivity contribution in [3.63, 3.8) is 0 Å². The van der Waals surface area contributed by atoms with E-state index in [2.05, 4.69) is 17.2 Å². The SMILES string of the molecule is CCCC(COC)Nc1nc2c([N+](=O)[O-])cccc2o1. The van der Waals surface area contributed by atoms with Crippen molar-refractivity contribution < 1.29 is 14.1 Å². The van der Waals surface area contributed by atoms with Crippen LogP contribution in [0.25, 0.3) is 11.1 Å². The lowest BCUT2D eigenvalue weighted by molar-refractivity contribution is -0.383. The highest BCUT2D eigenvalue weighted by molar-refractivity contribution is 5.84. The molecule has 1 atom stereocenters. The molecule has 0 fully saturated rings. The maximum atomic E-state index is 10.9. The van der Waals surface area contributed by atoms with Crippen LogP contribution in [0.2, 0.25) is 0 Å². The number of nitro groups is 1. The van der Waals surface area contributed by atoms with Crippen molar-refractivity contribution in [2.75, 3.05) is 19.0 Å². The number of nitro benzene ring substituents is 1. The van der Waals surface area contributed by atoms with Crippen molar-refractivity contribution in [2.24, 2.45) is 0 Å². The first kappa shape index (κ1) is 14.3. The molecule has 2 rings (SSSR count). The molecule has 1 N–H and O–H groups in total. The van der Waals surface area contributed by atoms with Crippen molar-refractivity contribution in [1.29, 1.82) is 0 Å². The number of benzene rings is 1. The molecule has 1 heterocycles. The molecule has 0 aliphatic carbocycles. The minimum absolute atomic E-state index is 0.0573. The third-order valence-corrected chi connectivity index (χ3v) is 2.93. The number of non-ortho nitro benzene ring substituents is 1. The number of ether oxygens (including phenoxy) is 1. The lowest BCUT2D eigenvalue weighted by Gasteiger charge is -2.15. The Morgan fingerprint density at radius 2 is 2.35 bits per heavy atom. The normalized spacial score (nSPS) is 12.5. The Labute approximate surface area is 116 Å². The highest BCUT2D eigenvalue weighted by atomic mass is 16.6. The maximum absolute atomic E-state index is 10.9. The van der Waals surface area contributed by atoms with Gasteiger partial charge >= 0.3 is 0 Å². The molecule has 2 aromatic rings. The van der Waals surface area contributed by atoms with Gasteiger partial charge < -0.3 is 14.5 Å². The maximum Gasteiger partial charge on any atom is 0.298 e. The largest absolute Gasteiger partial charge is 0.423 e. The number of aromatic nitrogens is 1. The summed E-state index contributed by atoms with van der Waals surface area (Å²) in [7, 11) is 1.63. The molecule has 0 radical (unpaired) electrons. The van der Waals surface area contributed by atoms with E-state index < -0.39 is 4.92 Å². The smallest absolute Gasteiger partial charge is 0.298 e. The average Bonchev–Trinajstić information content (AvgIpc) is 2.81. The minimum Gasteiger partial charge on any atom is -0.423 e. The van der Waals surface area contributed by atoms with E-state index in [0.717, 1.165) is 12.8 Å². The quantitative estimate of drug-likeness (QED) is 0.619. The van der Waals surface area contributed by atoms with E-state index in [0.29, 0.717) is 12.2 Å².